The lowest BCUT2D eigenvalue weighted by Gasteiger charge is -2.07. The minimum Gasteiger partial charge on any atom is -0.497 e. The molecule has 0 aliphatic heterocycles. The Hall–Kier alpha value is -3.06. The quantitative estimate of drug-likeness (QED) is 0.535. The van der Waals surface area contributed by atoms with Gasteiger partial charge in [0.15, 0.2) is 6.61 Å². The van der Waals surface area contributed by atoms with Gasteiger partial charge in [0.25, 0.3) is 5.91 Å². The van der Waals surface area contributed by atoms with Crippen molar-refractivity contribution in [2.45, 2.75) is 13.3 Å². The van der Waals surface area contributed by atoms with Crippen LogP contribution in [-0.4, -0.2) is 31.2 Å². The van der Waals surface area contributed by atoms with Crippen molar-refractivity contribution in [1.82, 2.24) is 5.43 Å². The molecule has 0 saturated heterocycles. The SMILES string of the molecule is COc1ccc(OCC(=O)N/N=C(/C)CC(=O)Nc2ccc(Cl)cc2)cc1. The fourth-order valence-electron chi connectivity index (χ4n) is 2.02. The molecule has 0 unspecified atom stereocenters. The lowest BCUT2D eigenvalue weighted by molar-refractivity contribution is -0.123. The molecular formula is C19H20ClN3O4. The number of amides is 2. The van der Waals surface area contributed by atoms with Crippen LogP contribution in [0.1, 0.15) is 13.3 Å². The van der Waals surface area contributed by atoms with Crippen LogP contribution in [-0.2, 0) is 9.59 Å². The van der Waals surface area contributed by atoms with Crippen molar-refractivity contribution in [3.05, 3.63) is 53.6 Å². The van der Waals surface area contributed by atoms with Crippen LogP contribution in [0.3, 0.4) is 0 Å². The normalized spacial score (nSPS) is 10.9. The standard InChI is InChI=1S/C19H20ClN3O4/c1-13(11-18(24)21-15-5-3-14(20)4-6-15)22-23-19(25)12-27-17-9-7-16(26-2)8-10-17/h3-10H,11-12H2,1-2H3,(H,21,24)(H,23,25)/b22-13-. The second-order valence-electron chi connectivity index (χ2n) is 5.58. The molecule has 2 amide bonds. The van der Waals surface area contributed by atoms with Crippen molar-refractivity contribution in [1.29, 1.82) is 0 Å². The van der Waals surface area contributed by atoms with E-state index < -0.39 is 5.91 Å². The van der Waals surface area contributed by atoms with Crippen LogP contribution >= 0.6 is 11.6 Å². The number of anilines is 1. The lowest BCUT2D eigenvalue weighted by atomic mass is 10.2. The van der Waals surface area contributed by atoms with Gasteiger partial charge in [-0.1, -0.05) is 11.6 Å². The van der Waals surface area contributed by atoms with Gasteiger partial charge in [-0.05, 0) is 55.5 Å². The average molecular weight is 390 g/mol. The molecule has 0 spiro atoms. The molecular weight excluding hydrogens is 370 g/mol. The van der Waals surface area contributed by atoms with Crippen LogP contribution in [0.15, 0.2) is 53.6 Å². The van der Waals surface area contributed by atoms with Crippen molar-refractivity contribution < 1.29 is 19.1 Å². The first-order valence-corrected chi connectivity index (χ1v) is 8.48. The summed E-state index contributed by atoms with van der Waals surface area (Å²) in [6, 6.07) is 13.6. The number of halogens is 1. The molecule has 0 fully saturated rings. The van der Waals surface area contributed by atoms with Crippen LogP contribution in [0.25, 0.3) is 0 Å². The van der Waals surface area contributed by atoms with Crippen LogP contribution in [0.4, 0.5) is 5.69 Å². The summed E-state index contributed by atoms with van der Waals surface area (Å²) >= 11 is 5.79. The Bertz CT molecular complexity index is 805. The summed E-state index contributed by atoms with van der Waals surface area (Å²) in [5.74, 6) is 0.559. The highest BCUT2D eigenvalue weighted by atomic mass is 35.5. The highest BCUT2D eigenvalue weighted by Crippen LogP contribution is 2.16. The number of ether oxygens (including phenoxy) is 2. The van der Waals surface area contributed by atoms with E-state index in [1.165, 1.54) is 0 Å². The molecule has 0 radical (unpaired) electrons. The van der Waals surface area contributed by atoms with Gasteiger partial charge in [0.1, 0.15) is 11.5 Å². The fourth-order valence-corrected chi connectivity index (χ4v) is 2.15. The molecule has 2 aromatic carbocycles. The van der Waals surface area contributed by atoms with Gasteiger partial charge < -0.3 is 14.8 Å². The predicted molar refractivity (Wildman–Crippen MR) is 104 cm³/mol. The van der Waals surface area contributed by atoms with E-state index in [0.717, 1.165) is 0 Å². The fraction of sp³-hybridized carbons (Fsp3) is 0.211. The minimum atomic E-state index is -0.428. The third-order valence-corrected chi connectivity index (χ3v) is 3.60. The van der Waals surface area contributed by atoms with Crippen LogP contribution in [0.5, 0.6) is 11.5 Å². The molecule has 2 N–H and O–H groups in total. The number of carbonyl (C=O) groups is 2. The number of hydrazone groups is 1. The summed E-state index contributed by atoms with van der Waals surface area (Å²) in [6.45, 7) is 1.45. The number of rotatable bonds is 8. The molecule has 0 heterocycles. The molecule has 0 bridgehead atoms. The number of hydrogen-bond acceptors (Lipinski definition) is 5. The third kappa shape index (κ3) is 7.37. The van der Waals surface area contributed by atoms with Crippen molar-refractivity contribution in [3.63, 3.8) is 0 Å². The molecule has 0 saturated carbocycles. The molecule has 0 aliphatic carbocycles. The van der Waals surface area contributed by atoms with E-state index in [9.17, 15) is 9.59 Å². The molecule has 0 aliphatic rings. The zero-order valence-electron chi connectivity index (χ0n) is 15.0. The summed E-state index contributed by atoms with van der Waals surface area (Å²) in [5, 5.41) is 7.20. The molecule has 0 aromatic heterocycles. The van der Waals surface area contributed by atoms with E-state index in [-0.39, 0.29) is 18.9 Å². The highest BCUT2D eigenvalue weighted by molar-refractivity contribution is 6.30. The Morgan fingerprint density at radius 1 is 1.00 bits per heavy atom. The average Bonchev–Trinajstić information content (AvgIpc) is 2.67. The summed E-state index contributed by atoms with van der Waals surface area (Å²) in [5.41, 5.74) is 3.44. The van der Waals surface area contributed by atoms with Gasteiger partial charge in [-0.3, -0.25) is 9.59 Å². The third-order valence-electron chi connectivity index (χ3n) is 3.35. The second kappa shape index (κ2) is 10.2. The maximum atomic E-state index is 11.9. The lowest BCUT2D eigenvalue weighted by Crippen LogP contribution is -2.26. The molecule has 8 heteroatoms. The van der Waals surface area contributed by atoms with Gasteiger partial charge in [0.05, 0.1) is 13.5 Å². The summed E-state index contributed by atoms with van der Waals surface area (Å²) in [7, 11) is 1.57. The minimum absolute atomic E-state index is 0.0439. The maximum Gasteiger partial charge on any atom is 0.277 e. The van der Waals surface area contributed by atoms with Crippen LogP contribution < -0.4 is 20.2 Å². The second-order valence-corrected chi connectivity index (χ2v) is 6.01. The molecule has 2 aromatic rings. The number of nitrogens with one attached hydrogen (secondary N) is 2. The largest absolute Gasteiger partial charge is 0.497 e. The van der Waals surface area contributed by atoms with E-state index in [1.54, 1.807) is 62.6 Å². The zero-order chi connectivity index (χ0) is 19.6. The molecule has 142 valence electrons. The first-order chi connectivity index (χ1) is 13.0. The van der Waals surface area contributed by atoms with E-state index in [2.05, 4.69) is 15.8 Å². The van der Waals surface area contributed by atoms with Gasteiger partial charge >= 0.3 is 0 Å². The number of hydrogen-bond donors (Lipinski definition) is 2. The van der Waals surface area contributed by atoms with Crippen LogP contribution in [0, 0.1) is 0 Å². The van der Waals surface area contributed by atoms with Gasteiger partial charge in [-0.25, -0.2) is 5.43 Å². The summed E-state index contributed by atoms with van der Waals surface area (Å²) in [6.07, 6.45) is 0.0439. The molecule has 0 atom stereocenters. The van der Waals surface area contributed by atoms with Crippen LogP contribution in [0.2, 0.25) is 5.02 Å². The molecule has 2 rings (SSSR count). The van der Waals surface area contributed by atoms with Gasteiger partial charge in [-0.15, -0.1) is 0 Å². The summed E-state index contributed by atoms with van der Waals surface area (Å²) < 4.78 is 10.4. The first kappa shape index (κ1) is 20.3. The topological polar surface area (TPSA) is 89.0 Å². The highest BCUT2D eigenvalue weighted by Gasteiger charge is 2.06. The van der Waals surface area contributed by atoms with Crippen molar-refractivity contribution >= 4 is 34.8 Å². The van der Waals surface area contributed by atoms with Gasteiger partial charge in [0, 0.05) is 16.4 Å². The zero-order valence-corrected chi connectivity index (χ0v) is 15.7. The smallest absolute Gasteiger partial charge is 0.277 e. The van der Waals surface area contributed by atoms with E-state index >= 15 is 0 Å². The number of methoxy groups -OCH3 is 1. The molecule has 7 nitrogen and oxygen atoms in total. The van der Waals surface area contributed by atoms with Gasteiger partial charge in [0.2, 0.25) is 5.91 Å². The van der Waals surface area contributed by atoms with Crippen molar-refractivity contribution in [2.75, 3.05) is 19.0 Å². The van der Waals surface area contributed by atoms with E-state index in [1.807, 2.05) is 0 Å². The first-order valence-electron chi connectivity index (χ1n) is 8.10. The summed E-state index contributed by atoms with van der Waals surface area (Å²) in [4.78, 5) is 23.7. The predicted octanol–water partition coefficient (Wildman–Crippen LogP) is 3.25. The Morgan fingerprint density at radius 3 is 2.26 bits per heavy atom. The van der Waals surface area contributed by atoms with Gasteiger partial charge in [-0.2, -0.15) is 5.10 Å². The van der Waals surface area contributed by atoms with E-state index in [0.29, 0.717) is 27.9 Å². The number of nitrogens with zero attached hydrogens (tertiary/aromatic N) is 1. The Balaban J connectivity index is 1.73. The maximum absolute atomic E-state index is 11.9. The van der Waals surface area contributed by atoms with Crippen molar-refractivity contribution in [2.24, 2.45) is 5.10 Å². The molecule has 27 heavy (non-hydrogen) atoms. The Labute approximate surface area is 162 Å². The Kier molecular flexibility index (Phi) is 7.63. The monoisotopic (exact) mass is 389 g/mol. The van der Waals surface area contributed by atoms with Crippen molar-refractivity contribution in [3.8, 4) is 11.5 Å². The number of carbonyl (C=O) groups excluding carboxylic acids is 2. The number of benzene rings is 2. The van der Waals surface area contributed by atoms with E-state index in [4.69, 9.17) is 21.1 Å². The Morgan fingerprint density at radius 2 is 1.63 bits per heavy atom.